The van der Waals surface area contributed by atoms with Crippen molar-refractivity contribution in [2.75, 3.05) is 0 Å². The van der Waals surface area contributed by atoms with Gasteiger partial charge in [-0.3, -0.25) is 9.59 Å². The van der Waals surface area contributed by atoms with Crippen LogP contribution in [0.2, 0.25) is 0 Å². The van der Waals surface area contributed by atoms with Gasteiger partial charge in [0.1, 0.15) is 12.2 Å². The lowest BCUT2D eigenvalue weighted by Crippen LogP contribution is -2.24. The molecular formula is C11H16O4. The second kappa shape index (κ2) is 3.83. The lowest BCUT2D eigenvalue weighted by molar-refractivity contribution is -0.149. The molecule has 0 aromatic carbocycles. The van der Waals surface area contributed by atoms with Gasteiger partial charge in [-0.15, -0.1) is 0 Å². The monoisotopic (exact) mass is 212 g/mol. The molecule has 1 heterocycles. The minimum absolute atomic E-state index is 0.0215. The number of ether oxygens (including phenoxy) is 2. The summed E-state index contributed by atoms with van der Waals surface area (Å²) in [6, 6.07) is 0. The fraction of sp³-hybridized carbons (Fsp3) is 0.818. The van der Waals surface area contributed by atoms with E-state index in [2.05, 4.69) is 6.92 Å². The molecular weight excluding hydrogens is 196 g/mol. The number of fused-ring (bicyclic) bond motifs is 1. The van der Waals surface area contributed by atoms with Gasteiger partial charge in [-0.05, 0) is 6.42 Å². The normalized spacial score (nSPS) is 38.7. The van der Waals surface area contributed by atoms with Crippen LogP contribution in [0.15, 0.2) is 0 Å². The van der Waals surface area contributed by atoms with Crippen LogP contribution >= 0.6 is 0 Å². The lowest BCUT2D eigenvalue weighted by atomic mass is 9.90. The summed E-state index contributed by atoms with van der Waals surface area (Å²) in [4.78, 5) is 22.0. The third kappa shape index (κ3) is 1.85. The predicted molar refractivity (Wildman–Crippen MR) is 51.9 cm³/mol. The quantitative estimate of drug-likeness (QED) is 0.647. The van der Waals surface area contributed by atoms with Crippen LogP contribution in [0.5, 0.6) is 0 Å². The molecule has 0 N–H and O–H groups in total. The van der Waals surface area contributed by atoms with E-state index in [1.165, 1.54) is 6.92 Å². The molecule has 15 heavy (non-hydrogen) atoms. The topological polar surface area (TPSA) is 52.6 Å². The zero-order chi connectivity index (χ0) is 11.0. The first-order valence-corrected chi connectivity index (χ1v) is 5.48. The van der Waals surface area contributed by atoms with Gasteiger partial charge in [-0.2, -0.15) is 0 Å². The van der Waals surface area contributed by atoms with Crippen molar-refractivity contribution in [2.45, 2.75) is 45.3 Å². The van der Waals surface area contributed by atoms with Crippen molar-refractivity contribution in [3.05, 3.63) is 0 Å². The van der Waals surface area contributed by atoms with Crippen molar-refractivity contribution < 1.29 is 19.1 Å². The first-order chi connectivity index (χ1) is 7.11. The Morgan fingerprint density at radius 3 is 2.93 bits per heavy atom. The van der Waals surface area contributed by atoms with Crippen molar-refractivity contribution in [1.29, 1.82) is 0 Å². The van der Waals surface area contributed by atoms with Crippen LogP contribution in [-0.4, -0.2) is 24.1 Å². The first-order valence-electron chi connectivity index (χ1n) is 5.48. The van der Waals surface area contributed by atoms with Gasteiger partial charge in [0, 0.05) is 25.2 Å². The fourth-order valence-electron chi connectivity index (χ4n) is 2.87. The van der Waals surface area contributed by atoms with E-state index in [0.717, 1.165) is 6.42 Å². The zero-order valence-corrected chi connectivity index (χ0v) is 9.06. The van der Waals surface area contributed by atoms with E-state index in [4.69, 9.17) is 9.47 Å². The van der Waals surface area contributed by atoms with Crippen LogP contribution < -0.4 is 0 Å². The maximum absolute atomic E-state index is 11.1. The van der Waals surface area contributed by atoms with Crippen LogP contribution in [0.25, 0.3) is 0 Å². The Morgan fingerprint density at radius 2 is 2.33 bits per heavy atom. The standard InChI is InChI=1S/C11H16O4/c1-3-7-8-4-11(13)15-10(8)5-9(7)14-6(2)12/h7-10H,3-5H2,1-2H3. The van der Waals surface area contributed by atoms with Crippen LogP contribution in [0.4, 0.5) is 0 Å². The number of esters is 2. The molecule has 0 radical (unpaired) electrons. The van der Waals surface area contributed by atoms with Crippen LogP contribution in [-0.2, 0) is 19.1 Å². The number of carbonyl (C=O) groups excluding carboxylic acids is 2. The van der Waals surface area contributed by atoms with Crippen molar-refractivity contribution >= 4 is 11.9 Å². The number of hydrogen-bond donors (Lipinski definition) is 0. The molecule has 0 spiro atoms. The third-order valence-corrected chi connectivity index (χ3v) is 3.44. The first kappa shape index (κ1) is 10.5. The van der Waals surface area contributed by atoms with Gasteiger partial charge in [-0.25, -0.2) is 0 Å². The minimum atomic E-state index is -0.246. The van der Waals surface area contributed by atoms with E-state index in [1.807, 2.05) is 0 Å². The molecule has 2 fully saturated rings. The maximum Gasteiger partial charge on any atom is 0.306 e. The summed E-state index contributed by atoms with van der Waals surface area (Å²) in [7, 11) is 0. The molecule has 84 valence electrons. The van der Waals surface area contributed by atoms with Gasteiger partial charge in [0.25, 0.3) is 0 Å². The molecule has 1 aliphatic heterocycles. The fourth-order valence-corrected chi connectivity index (χ4v) is 2.87. The van der Waals surface area contributed by atoms with Gasteiger partial charge in [0.2, 0.25) is 0 Å². The van der Waals surface area contributed by atoms with Crippen LogP contribution in [0, 0.1) is 11.8 Å². The zero-order valence-electron chi connectivity index (χ0n) is 9.06. The molecule has 2 rings (SSSR count). The van der Waals surface area contributed by atoms with Crippen LogP contribution in [0.1, 0.15) is 33.1 Å². The molecule has 2 aliphatic rings. The van der Waals surface area contributed by atoms with Crippen LogP contribution in [0.3, 0.4) is 0 Å². The molecule has 0 bridgehead atoms. The van der Waals surface area contributed by atoms with E-state index in [0.29, 0.717) is 12.8 Å². The van der Waals surface area contributed by atoms with Crippen molar-refractivity contribution in [3.63, 3.8) is 0 Å². The molecule has 0 aromatic heterocycles. The van der Waals surface area contributed by atoms with Gasteiger partial charge in [-0.1, -0.05) is 6.92 Å². The second-order valence-electron chi connectivity index (χ2n) is 4.35. The van der Waals surface area contributed by atoms with Crippen molar-refractivity contribution in [3.8, 4) is 0 Å². The average molecular weight is 212 g/mol. The summed E-state index contributed by atoms with van der Waals surface area (Å²) in [6.07, 6.45) is 2.01. The highest BCUT2D eigenvalue weighted by atomic mass is 16.6. The Morgan fingerprint density at radius 1 is 1.60 bits per heavy atom. The second-order valence-corrected chi connectivity index (χ2v) is 4.35. The Labute approximate surface area is 88.9 Å². The number of rotatable bonds is 2. The molecule has 1 aliphatic carbocycles. The van der Waals surface area contributed by atoms with Gasteiger partial charge >= 0.3 is 11.9 Å². The van der Waals surface area contributed by atoms with Gasteiger partial charge in [0.15, 0.2) is 0 Å². The summed E-state index contributed by atoms with van der Waals surface area (Å²) in [5.41, 5.74) is 0. The average Bonchev–Trinajstić information content (AvgIpc) is 2.59. The molecule has 1 saturated carbocycles. The predicted octanol–water partition coefficient (Wildman–Crippen LogP) is 1.28. The SMILES string of the molecule is CCC1C(OC(C)=O)CC2OC(=O)CC21. The summed E-state index contributed by atoms with van der Waals surface area (Å²) in [5.74, 6) is 0.187. The smallest absolute Gasteiger partial charge is 0.306 e. The summed E-state index contributed by atoms with van der Waals surface area (Å²) in [5, 5.41) is 0. The Hall–Kier alpha value is -1.06. The third-order valence-electron chi connectivity index (χ3n) is 3.44. The summed E-state index contributed by atoms with van der Waals surface area (Å²) in [6.45, 7) is 3.49. The molecule has 4 nitrogen and oxygen atoms in total. The number of carbonyl (C=O) groups is 2. The van der Waals surface area contributed by atoms with Gasteiger partial charge < -0.3 is 9.47 Å². The molecule has 0 aromatic rings. The highest BCUT2D eigenvalue weighted by Crippen LogP contribution is 2.44. The summed E-state index contributed by atoms with van der Waals surface area (Å²) >= 11 is 0. The summed E-state index contributed by atoms with van der Waals surface area (Å²) < 4.78 is 10.5. The molecule has 4 atom stereocenters. The largest absolute Gasteiger partial charge is 0.462 e. The number of hydrogen-bond acceptors (Lipinski definition) is 4. The van der Waals surface area contributed by atoms with E-state index in [1.54, 1.807) is 0 Å². The Bertz CT molecular complexity index is 286. The minimum Gasteiger partial charge on any atom is -0.462 e. The van der Waals surface area contributed by atoms with E-state index >= 15 is 0 Å². The maximum atomic E-state index is 11.1. The molecule has 4 heteroatoms. The lowest BCUT2D eigenvalue weighted by Gasteiger charge is -2.20. The van der Waals surface area contributed by atoms with Crippen molar-refractivity contribution in [1.82, 2.24) is 0 Å². The van der Waals surface area contributed by atoms with E-state index < -0.39 is 0 Å². The molecule has 1 saturated heterocycles. The highest BCUT2D eigenvalue weighted by molar-refractivity contribution is 5.72. The van der Waals surface area contributed by atoms with E-state index in [9.17, 15) is 9.59 Å². The molecule has 0 amide bonds. The van der Waals surface area contributed by atoms with Gasteiger partial charge in [0.05, 0.1) is 6.42 Å². The Balaban J connectivity index is 2.06. The molecule has 4 unspecified atom stereocenters. The Kier molecular flexibility index (Phi) is 2.67. The van der Waals surface area contributed by atoms with Crippen molar-refractivity contribution in [2.24, 2.45) is 11.8 Å². The van der Waals surface area contributed by atoms with E-state index in [-0.39, 0.29) is 36.0 Å². The highest BCUT2D eigenvalue weighted by Gasteiger charge is 2.50.